The second kappa shape index (κ2) is 8.06. The molecule has 2 aromatic rings. The lowest BCUT2D eigenvalue weighted by Gasteiger charge is -2.22. The fraction of sp³-hybridized carbons (Fsp3) is 0.316. The number of amides is 1. The highest BCUT2D eigenvalue weighted by Crippen LogP contribution is 2.31. The van der Waals surface area contributed by atoms with Gasteiger partial charge in [-0.15, -0.1) is 0 Å². The molecule has 2 aromatic carbocycles. The monoisotopic (exact) mass is 393 g/mol. The molecule has 1 atom stereocenters. The molecule has 0 saturated carbocycles. The number of benzene rings is 2. The van der Waals surface area contributed by atoms with E-state index in [1.807, 2.05) is 0 Å². The molecule has 5 N–H and O–H groups in total. The molecule has 8 heteroatoms. The molecular weight excluding hydrogens is 369 g/mol. The van der Waals surface area contributed by atoms with Crippen LogP contribution in [0.3, 0.4) is 0 Å². The van der Waals surface area contributed by atoms with Crippen molar-refractivity contribution in [2.24, 2.45) is 5.73 Å². The summed E-state index contributed by atoms with van der Waals surface area (Å²) < 4.78 is 40.7. The van der Waals surface area contributed by atoms with Gasteiger partial charge in [0.05, 0.1) is 5.75 Å². The number of nitrogens with two attached hydrogens (primary N) is 2. The standard InChI is InChI=1S/C19H24FN3O3S/c1-3-10-27(25,26)23-12-19(2,20)15-7-4-13(5-8-15)16-11-14(18(22)24)6-9-17(16)21/h4-9,11,23H,3,10,12,21H2,1-2H3,(H2,22,24). The lowest BCUT2D eigenvalue weighted by molar-refractivity contribution is 0.100. The molecule has 0 aromatic heterocycles. The molecular formula is C19H24FN3O3S. The Morgan fingerprint density at radius 1 is 1.19 bits per heavy atom. The van der Waals surface area contributed by atoms with Gasteiger partial charge in [0, 0.05) is 23.4 Å². The third kappa shape index (κ3) is 5.27. The number of primary amides is 1. The molecule has 2 rings (SSSR count). The highest BCUT2D eigenvalue weighted by Gasteiger charge is 2.27. The molecule has 27 heavy (non-hydrogen) atoms. The Morgan fingerprint density at radius 2 is 1.81 bits per heavy atom. The summed E-state index contributed by atoms with van der Waals surface area (Å²) in [4.78, 5) is 11.4. The Balaban J connectivity index is 2.24. The van der Waals surface area contributed by atoms with Gasteiger partial charge >= 0.3 is 0 Å². The molecule has 0 saturated heterocycles. The van der Waals surface area contributed by atoms with Gasteiger partial charge in [0.15, 0.2) is 0 Å². The molecule has 0 aliphatic heterocycles. The van der Waals surface area contributed by atoms with Gasteiger partial charge in [-0.05, 0) is 42.7 Å². The van der Waals surface area contributed by atoms with E-state index >= 15 is 0 Å². The second-order valence-electron chi connectivity index (χ2n) is 6.58. The second-order valence-corrected chi connectivity index (χ2v) is 8.51. The van der Waals surface area contributed by atoms with Crippen molar-refractivity contribution in [2.45, 2.75) is 25.9 Å². The molecule has 0 heterocycles. The molecule has 0 aliphatic carbocycles. The molecule has 1 amide bonds. The number of rotatable bonds is 8. The highest BCUT2D eigenvalue weighted by molar-refractivity contribution is 7.89. The highest BCUT2D eigenvalue weighted by atomic mass is 32.2. The van der Waals surface area contributed by atoms with Crippen molar-refractivity contribution in [1.82, 2.24) is 4.72 Å². The quantitative estimate of drug-likeness (QED) is 0.598. The van der Waals surface area contributed by atoms with Crippen LogP contribution >= 0.6 is 0 Å². The van der Waals surface area contributed by atoms with Crippen LogP contribution in [0.4, 0.5) is 10.1 Å². The molecule has 0 fully saturated rings. The lowest BCUT2D eigenvalue weighted by atomic mass is 9.94. The summed E-state index contributed by atoms with van der Waals surface area (Å²) in [6.45, 7) is 2.71. The number of carbonyl (C=O) groups is 1. The first-order chi connectivity index (χ1) is 12.6. The molecule has 6 nitrogen and oxygen atoms in total. The Labute approximate surface area is 158 Å². The van der Waals surface area contributed by atoms with Crippen molar-refractivity contribution in [1.29, 1.82) is 0 Å². The van der Waals surface area contributed by atoms with Crippen LogP contribution in [0, 0.1) is 0 Å². The topological polar surface area (TPSA) is 115 Å². The van der Waals surface area contributed by atoms with E-state index in [2.05, 4.69) is 4.72 Å². The van der Waals surface area contributed by atoms with Crippen molar-refractivity contribution in [3.63, 3.8) is 0 Å². The fourth-order valence-corrected chi connectivity index (χ4v) is 3.82. The maximum atomic E-state index is 15.0. The zero-order chi connectivity index (χ0) is 20.2. The minimum absolute atomic E-state index is 0.0441. The molecule has 0 bridgehead atoms. The molecule has 0 radical (unpaired) electrons. The van der Waals surface area contributed by atoms with Gasteiger partial charge < -0.3 is 11.5 Å². The third-order valence-electron chi connectivity index (χ3n) is 4.23. The van der Waals surface area contributed by atoms with Gasteiger partial charge in [-0.3, -0.25) is 4.79 Å². The number of sulfonamides is 1. The first-order valence-corrected chi connectivity index (χ1v) is 10.2. The average Bonchev–Trinajstić information content (AvgIpc) is 2.60. The summed E-state index contributed by atoms with van der Waals surface area (Å²) in [5.41, 5.74) is 11.8. The van der Waals surface area contributed by atoms with Crippen LogP contribution in [0.15, 0.2) is 42.5 Å². The van der Waals surface area contributed by atoms with E-state index < -0.39 is 21.6 Å². The number of anilines is 1. The molecule has 146 valence electrons. The number of carbonyl (C=O) groups excluding carboxylic acids is 1. The predicted molar refractivity (Wildman–Crippen MR) is 105 cm³/mol. The van der Waals surface area contributed by atoms with Crippen LogP contribution in [-0.2, 0) is 15.7 Å². The van der Waals surface area contributed by atoms with E-state index in [-0.39, 0.29) is 12.3 Å². The van der Waals surface area contributed by atoms with Gasteiger partial charge in [0.1, 0.15) is 5.67 Å². The molecule has 0 aliphatic rings. The largest absolute Gasteiger partial charge is 0.398 e. The van der Waals surface area contributed by atoms with Gasteiger partial charge in [-0.1, -0.05) is 31.2 Å². The summed E-state index contributed by atoms with van der Waals surface area (Å²) in [5, 5.41) is 0. The normalized spacial score (nSPS) is 13.9. The third-order valence-corrected chi connectivity index (χ3v) is 5.76. The van der Waals surface area contributed by atoms with Crippen molar-refractivity contribution in [2.75, 3.05) is 18.0 Å². The van der Waals surface area contributed by atoms with E-state index in [4.69, 9.17) is 11.5 Å². The van der Waals surface area contributed by atoms with Crippen LogP contribution in [-0.4, -0.2) is 26.6 Å². The number of hydrogen-bond donors (Lipinski definition) is 3. The lowest BCUT2D eigenvalue weighted by Crippen LogP contribution is -2.36. The van der Waals surface area contributed by atoms with Crippen LogP contribution in [0.5, 0.6) is 0 Å². The van der Waals surface area contributed by atoms with Gasteiger partial charge in [0.2, 0.25) is 15.9 Å². The van der Waals surface area contributed by atoms with Crippen molar-refractivity contribution >= 4 is 21.6 Å². The summed E-state index contributed by atoms with van der Waals surface area (Å²) in [6.07, 6.45) is 0.457. The minimum Gasteiger partial charge on any atom is -0.398 e. The Kier molecular flexibility index (Phi) is 6.22. The summed E-state index contributed by atoms with van der Waals surface area (Å²) in [7, 11) is -3.49. The van der Waals surface area contributed by atoms with Crippen LogP contribution in [0.25, 0.3) is 11.1 Å². The van der Waals surface area contributed by atoms with Crippen LogP contribution < -0.4 is 16.2 Å². The first kappa shape index (κ1) is 20.9. The van der Waals surface area contributed by atoms with Crippen LogP contribution in [0.2, 0.25) is 0 Å². The summed E-state index contributed by atoms with van der Waals surface area (Å²) in [6, 6.07) is 11.2. The van der Waals surface area contributed by atoms with E-state index in [1.165, 1.54) is 13.0 Å². The Morgan fingerprint density at radius 3 is 2.37 bits per heavy atom. The number of nitrogen functional groups attached to an aromatic ring is 1. The van der Waals surface area contributed by atoms with Crippen molar-refractivity contribution < 1.29 is 17.6 Å². The maximum Gasteiger partial charge on any atom is 0.248 e. The van der Waals surface area contributed by atoms with E-state index in [0.29, 0.717) is 34.4 Å². The van der Waals surface area contributed by atoms with E-state index in [0.717, 1.165) is 0 Å². The van der Waals surface area contributed by atoms with Gasteiger partial charge in [0.25, 0.3) is 0 Å². The van der Waals surface area contributed by atoms with Crippen molar-refractivity contribution in [3.8, 4) is 11.1 Å². The van der Waals surface area contributed by atoms with E-state index in [9.17, 15) is 17.6 Å². The minimum atomic E-state index is -3.49. The number of alkyl halides is 1. The van der Waals surface area contributed by atoms with Gasteiger partial charge in [-0.2, -0.15) is 0 Å². The molecule has 0 spiro atoms. The van der Waals surface area contributed by atoms with Crippen molar-refractivity contribution in [3.05, 3.63) is 53.6 Å². The predicted octanol–water partition coefficient (Wildman–Crippen LogP) is 2.55. The van der Waals surface area contributed by atoms with E-state index in [1.54, 1.807) is 43.3 Å². The fourth-order valence-electron chi connectivity index (χ4n) is 2.65. The van der Waals surface area contributed by atoms with Gasteiger partial charge in [-0.25, -0.2) is 17.5 Å². The van der Waals surface area contributed by atoms with Crippen LogP contribution in [0.1, 0.15) is 36.2 Å². The summed E-state index contributed by atoms with van der Waals surface area (Å²) >= 11 is 0. The number of halogens is 1. The Bertz CT molecular complexity index is 926. The maximum absolute atomic E-state index is 15.0. The first-order valence-electron chi connectivity index (χ1n) is 8.52. The zero-order valence-corrected chi connectivity index (χ0v) is 16.1. The number of nitrogens with one attached hydrogen (secondary N) is 1. The SMILES string of the molecule is CCCS(=O)(=O)NCC(C)(F)c1ccc(-c2cc(C(N)=O)ccc2N)cc1. The average molecular weight is 393 g/mol. The number of hydrogen-bond acceptors (Lipinski definition) is 4. The zero-order valence-electron chi connectivity index (χ0n) is 15.3. The smallest absolute Gasteiger partial charge is 0.248 e. The molecule has 1 unspecified atom stereocenters. The summed E-state index contributed by atoms with van der Waals surface area (Å²) in [5.74, 6) is -0.610. The Hall–Kier alpha value is -2.45.